The van der Waals surface area contributed by atoms with Crippen molar-refractivity contribution in [1.29, 1.82) is 0 Å². The number of carbonyl (C=O) groups is 2. The molecule has 1 heterocycles. The smallest absolute Gasteiger partial charge is 0.407 e. The Kier molecular flexibility index (Phi) is 6.02. The molecule has 166 valence electrons. The Morgan fingerprint density at radius 1 is 1.09 bits per heavy atom. The summed E-state index contributed by atoms with van der Waals surface area (Å²) in [4.78, 5) is 28.6. The van der Waals surface area contributed by atoms with Crippen LogP contribution in [-0.2, 0) is 14.9 Å². The number of carboxylic acid groups (broad SMARTS) is 1. The molecule has 1 aromatic heterocycles. The minimum atomic E-state index is -1.01. The summed E-state index contributed by atoms with van der Waals surface area (Å²) in [5.74, 6) is -1.07. The number of carbonyl (C=O) groups excluding carboxylic acids is 1. The summed E-state index contributed by atoms with van der Waals surface area (Å²) in [6.07, 6.45) is -0.916. The zero-order valence-corrected chi connectivity index (χ0v) is 19.1. The molecule has 1 aliphatic carbocycles. The van der Waals surface area contributed by atoms with Crippen LogP contribution in [0, 0.1) is 0 Å². The number of carboxylic acids is 1. The van der Waals surface area contributed by atoms with Crippen LogP contribution < -0.4 is 5.32 Å². The van der Waals surface area contributed by atoms with Gasteiger partial charge in [0.15, 0.2) is 0 Å². The Morgan fingerprint density at radius 3 is 2.22 bits per heavy atom. The molecule has 7 heteroatoms. The number of fused-ring (bicyclic) bond motifs is 3. The van der Waals surface area contributed by atoms with Crippen molar-refractivity contribution in [2.45, 2.75) is 44.6 Å². The second-order valence-electron chi connectivity index (χ2n) is 8.95. The highest BCUT2D eigenvalue weighted by atomic mass is 32.1. The largest absolute Gasteiger partial charge is 0.481 e. The fourth-order valence-corrected chi connectivity index (χ4v) is 4.94. The summed E-state index contributed by atoms with van der Waals surface area (Å²) >= 11 is 1.46. The lowest BCUT2D eigenvalue weighted by molar-refractivity contribution is -0.137. The molecule has 0 spiro atoms. The van der Waals surface area contributed by atoms with E-state index in [1.54, 1.807) is 5.38 Å². The standard InChI is InChI=1S/C25H26N2O4S/c1-25(2,3)23-26-21(14-32-23)20(12-22(28)29)27-24(30)31-13-19-17-10-6-4-8-15(17)16-9-5-7-11-18(16)19/h4-11,14,19-20H,12-13H2,1-3H3,(H,27,30)(H,28,29)/t20-/m1/s1. The molecule has 0 unspecified atom stereocenters. The number of rotatable bonds is 6. The van der Waals surface area contributed by atoms with E-state index in [0.717, 1.165) is 27.3 Å². The Balaban J connectivity index is 1.47. The van der Waals surface area contributed by atoms with Crippen LogP contribution in [0.15, 0.2) is 53.9 Å². The lowest BCUT2D eigenvalue weighted by Gasteiger charge is -2.18. The van der Waals surface area contributed by atoms with E-state index in [9.17, 15) is 14.7 Å². The van der Waals surface area contributed by atoms with E-state index in [-0.39, 0.29) is 24.4 Å². The van der Waals surface area contributed by atoms with Gasteiger partial charge in [-0.1, -0.05) is 69.3 Å². The predicted octanol–water partition coefficient (Wildman–Crippen LogP) is 5.50. The van der Waals surface area contributed by atoms with Gasteiger partial charge in [0.1, 0.15) is 6.61 Å². The zero-order chi connectivity index (χ0) is 22.9. The topological polar surface area (TPSA) is 88.5 Å². The second kappa shape index (κ2) is 8.74. The number of alkyl carbamates (subject to hydrolysis) is 1. The maximum absolute atomic E-state index is 12.6. The molecule has 0 bridgehead atoms. The number of aliphatic carboxylic acids is 1. The van der Waals surface area contributed by atoms with Crippen molar-refractivity contribution in [3.05, 3.63) is 75.7 Å². The van der Waals surface area contributed by atoms with E-state index in [2.05, 4.69) is 34.6 Å². The van der Waals surface area contributed by atoms with Gasteiger partial charge in [0.2, 0.25) is 0 Å². The fourth-order valence-electron chi connectivity index (χ4n) is 3.98. The molecule has 3 aromatic rings. The molecule has 1 amide bonds. The fraction of sp³-hybridized carbons (Fsp3) is 0.320. The third-order valence-electron chi connectivity index (χ3n) is 5.54. The Labute approximate surface area is 191 Å². The first-order valence-corrected chi connectivity index (χ1v) is 11.4. The highest BCUT2D eigenvalue weighted by Crippen LogP contribution is 2.44. The van der Waals surface area contributed by atoms with Gasteiger partial charge < -0.3 is 15.2 Å². The van der Waals surface area contributed by atoms with Crippen LogP contribution in [0.25, 0.3) is 11.1 Å². The van der Waals surface area contributed by atoms with Crippen LogP contribution >= 0.6 is 11.3 Å². The van der Waals surface area contributed by atoms with E-state index >= 15 is 0 Å². The summed E-state index contributed by atoms with van der Waals surface area (Å²) < 4.78 is 5.58. The number of thiazole rings is 1. The minimum Gasteiger partial charge on any atom is -0.481 e. The number of amides is 1. The molecule has 2 N–H and O–H groups in total. The van der Waals surface area contributed by atoms with Crippen LogP contribution in [-0.4, -0.2) is 28.8 Å². The van der Waals surface area contributed by atoms with Crippen molar-refractivity contribution < 1.29 is 19.4 Å². The Morgan fingerprint density at radius 2 is 1.69 bits per heavy atom. The maximum atomic E-state index is 12.6. The van der Waals surface area contributed by atoms with Gasteiger partial charge in [-0.3, -0.25) is 4.79 Å². The van der Waals surface area contributed by atoms with Crippen LogP contribution in [0.2, 0.25) is 0 Å². The van der Waals surface area contributed by atoms with Gasteiger partial charge in [-0.2, -0.15) is 0 Å². The molecule has 1 aliphatic rings. The molecule has 6 nitrogen and oxygen atoms in total. The van der Waals surface area contributed by atoms with Crippen LogP contribution in [0.1, 0.15) is 61.0 Å². The molecular weight excluding hydrogens is 424 g/mol. The number of nitrogens with zero attached hydrogens (tertiary/aromatic N) is 1. The monoisotopic (exact) mass is 450 g/mol. The molecule has 0 saturated heterocycles. The van der Waals surface area contributed by atoms with Crippen molar-refractivity contribution in [3.8, 4) is 11.1 Å². The minimum absolute atomic E-state index is 0.0576. The van der Waals surface area contributed by atoms with E-state index < -0.39 is 18.1 Å². The molecule has 0 fully saturated rings. The lowest BCUT2D eigenvalue weighted by Crippen LogP contribution is -2.32. The average molecular weight is 451 g/mol. The second-order valence-corrected chi connectivity index (χ2v) is 9.81. The van der Waals surface area contributed by atoms with Gasteiger partial charge >= 0.3 is 12.1 Å². The predicted molar refractivity (Wildman–Crippen MR) is 124 cm³/mol. The first-order valence-electron chi connectivity index (χ1n) is 10.5. The van der Waals surface area contributed by atoms with Crippen molar-refractivity contribution in [2.75, 3.05) is 6.61 Å². The van der Waals surface area contributed by atoms with Gasteiger partial charge in [0.25, 0.3) is 0 Å². The summed E-state index contributed by atoms with van der Waals surface area (Å²) in [7, 11) is 0. The van der Waals surface area contributed by atoms with E-state index in [1.165, 1.54) is 11.3 Å². The number of hydrogen-bond acceptors (Lipinski definition) is 5. The van der Waals surface area contributed by atoms with Gasteiger partial charge in [-0.25, -0.2) is 9.78 Å². The average Bonchev–Trinajstić information content (AvgIpc) is 3.35. The third kappa shape index (κ3) is 4.53. The number of aromatic nitrogens is 1. The highest BCUT2D eigenvalue weighted by molar-refractivity contribution is 7.09. The van der Waals surface area contributed by atoms with Gasteiger partial charge in [-0.05, 0) is 22.3 Å². The quantitative estimate of drug-likeness (QED) is 0.518. The molecule has 32 heavy (non-hydrogen) atoms. The van der Waals surface area contributed by atoms with Gasteiger partial charge in [0, 0.05) is 16.7 Å². The van der Waals surface area contributed by atoms with E-state index in [0.29, 0.717) is 5.69 Å². The van der Waals surface area contributed by atoms with Crippen molar-refractivity contribution >= 4 is 23.4 Å². The van der Waals surface area contributed by atoms with Crippen LogP contribution in [0.4, 0.5) is 4.79 Å². The molecule has 0 radical (unpaired) electrons. The summed E-state index contributed by atoms with van der Waals surface area (Å²) in [5.41, 5.74) is 4.93. The normalized spacial score (nSPS) is 13.8. The van der Waals surface area contributed by atoms with E-state index in [1.807, 2.05) is 45.0 Å². The zero-order valence-electron chi connectivity index (χ0n) is 18.3. The van der Waals surface area contributed by atoms with Crippen molar-refractivity contribution in [3.63, 3.8) is 0 Å². The highest BCUT2D eigenvalue weighted by Gasteiger charge is 2.30. The van der Waals surface area contributed by atoms with Gasteiger partial charge in [0.05, 0.1) is 23.2 Å². The molecule has 0 saturated carbocycles. The SMILES string of the molecule is CC(C)(C)c1nc([C@@H](CC(=O)O)NC(=O)OCC2c3ccccc3-c3ccccc32)cs1. The third-order valence-corrected chi connectivity index (χ3v) is 6.82. The van der Waals surface area contributed by atoms with Crippen LogP contribution in [0.5, 0.6) is 0 Å². The Bertz CT molecular complexity index is 1100. The molecule has 4 rings (SSSR count). The number of hydrogen-bond donors (Lipinski definition) is 2. The molecule has 0 aliphatic heterocycles. The van der Waals surface area contributed by atoms with Gasteiger partial charge in [-0.15, -0.1) is 11.3 Å². The summed E-state index contributed by atoms with van der Waals surface area (Å²) in [6, 6.07) is 15.5. The maximum Gasteiger partial charge on any atom is 0.407 e. The van der Waals surface area contributed by atoms with Crippen molar-refractivity contribution in [2.24, 2.45) is 0 Å². The summed E-state index contributed by atoms with van der Waals surface area (Å²) in [5, 5.41) is 14.7. The Hall–Kier alpha value is -3.19. The van der Waals surface area contributed by atoms with E-state index in [4.69, 9.17) is 4.74 Å². The first-order chi connectivity index (χ1) is 15.2. The number of benzene rings is 2. The van der Waals surface area contributed by atoms with Crippen molar-refractivity contribution in [1.82, 2.24) is 10.3 Å². The lowest BCUT2D eigenvalue weighted by atomic mass is 9.98. The van der Waals surface area contributed by atoms with Crippen LogP contribution in [0.3, 0.4) is 0 Å². The molecular formula is C25H26N2O4S. The first kappa shape index (κ1) is 22.0. The number of nitrogens with one attached hydrogen (secondary N) is 1. The molecule has 2 aromatic carbocycles. The number of ether oxygens (including phenoxy) is 1. The molecule has 1 atom stereocenters. The summed E-state index contributed by atoms with van der Waals surface area (Å²) in [6.45, 7) is 6.30.